The largest absolute Gasteiger partial charge is 0.497 e. The number of nitrogens with zero attached hydrogens (tertiary/aromatic N) is 2. The molecule has 3 aromatic rings. The Bertz CT molecular complexity index is 1940. The molecule has 1 aliphatic heterocycles. The Morgan fingerprint density at radius 2 is 1.78 bits per heavy atom. The molecular formula is C37H45N5O8S. The Morgan fingerprint density at radius 1 is 1.06 bits per heavy atom. The quantitative estimate of drug-likeness (QED) is 0.221. The van der Waals surface area contributed by atoms with Crippen molar-refractivity contribution >= 4 is 44.2 Å². The van der Waals surface area contributed by atoms with Crippen LogP contribution >= 0.6 is 0 Å². The van der Waals surface area contributed by atoms with Gasteiger partial charge in [-0.15, -0.1) is 6.58 Å². The molecule has 51 heavy (non-hydrogen) atoms. The fourth-order valence-electron chi connectivity index (χ4n) is 6.57. The molecule has 1 saturated heterocycles. The van der Waals surface area contributed by atoms with E-state index in [-0.39, 0.29) is 31.2 Å². The summed E-state index contributed by atoms with van der Waals surface area (Å²) >= 11 is 0. The van der Waals surface area contributed by atoms with E-state index < -0.39 is 62.1 Å². The van der Waals surface area contributed by atoms with Gasteiger partial charge in [0, 0.05) is 29.5 Å². The third-order valence-corrected chi connectivity index (χ3v) is 11.6. The Labute approximate surface area is 298 Å². The van der Waals surface area contributed by atoms with Crippen molar-refractivity contribution < 1.29 is 37.0 Å². The van der Waals surface area contributed by atoms with Gasteiger partial charge < -0.3 is 29.7 Å². The molecule has 13 nitrogen and oxygen atoms in total. The summed E-state index contributed by atoms with van der Waals surface area (Å²) in [5, 5.41) is 7.02. The van der Waals surface area contributed by atoms with E-state index in [9.17, 15) is 22.8 Å². The first-order valence-electron chi connectivity index (χ1n) is 17.0. The van der Waals surface area contributed by atoms with Gasteiger partial charge in [0.05, 0.1) is 26.0 Å². The maximum atomic E-state index is 14.6. The minimum atomic E-state index is -3.87. The third kappa shape index (κ3) is 7.46. The first-order valence-corrected chi connectivity index (χ1v) is 18.6. The van der Waals surface area contributed by atoms with Crippen molar-refractivity contribution in [2.45, 2.75) is 75.4 Å². The number of hydrogen-bond donors (Lipinski definition) is 3. The average Bonchev–Trinajstić information content (AvgIpc) is 4.03. The molecule has 6 rings (SSSR count). The monoisotopic (exact) mass is 719 g/mol. The standard InChI is InChI=1S/C37H45N5O8S/c1-7-23-20-37(23,35(45)41-51(46,47)27-14-15-27)40-32(43)29-19-26(50-33-28-16-13-25(48-5)17-22(28)18-30(39-33)49-6)21-42(29)34(44)31(36(2,3)4)38-24-11-9-8-10-12-24/h7-13,16-18,23,26-27,29,31,38H,1,14-15,19-21H2,2-6H3,(H,40,43)(H,41,45)/t23-,26-,29+,31-,37-/m1/s1. The molecule has 2 aromatic carbocycles. The van der Waals surface area contributed by atoms with Gasteiger partial charge in [0.1, 0.15) is 29.5 Å². The number of anilines is 1. The highest BCUT2D eigenvalue weighted by Crippen LogP contribution is 2.46. The number of amides is 3. The summed E-state index contributed by atoms with van der Waals surface area (Å²) < 4.78 is 44.9. The maximum Gasteiger partial charge on any atom is 0.259 e. The molecule has 2 aliphatic carbocycles. The summed E-state index contributed by atoms with van der Waals surface area (Å²) in [6, 6.07) is 14.7. The number of carbonyl (C=O) groups excluding carboxylic acids is 3. The molecule has 2 heterocycles. The number of likely N-dealkylation sites (tertiary alicyclic amines) is 1. The van der Waals surface area contributed by atoms with Gasteiger partial charge in [0.2, 0.25) is 33.6 Å². The lowest BCUT2D eigenvalue weighted by Crippen LogP contribution is -2.58. The fraction of sp³-hybridized carbons (Fsp3) is 0.459. The Morgan fingerprint density at radius 3 is 2.39 bits per heavy atom. The summed E-state index contributed by atoms with van der Waals surface area (Å²) in [5.74, 6) is -1.03. The van der Waals surface area contributed by atoms with Crippen LogP contribution in [0.3, 0.4) is 0 Å². The first kappa shape index (κ1) is 36.0. The number of ether oxygens (including phenoxy) is 3. The number of hydrogen-bond acceptors (Lipinski definition) is 10. The highest BCUT2D eigenvalue weighted by molar-refractivity contribution is 7.91. The molecule has 272 valence electrons. The van der Waals surface area contributed by atoms with E-state index in [1.807, 2.05) is 63.2 Å². The first-order chi connectivity index (χ1) is 24.2. The molecule has 14 heteroatoms. The fourth-order valence-corrected chi connectivity index (χ4v) is 7.93. The number of rotatable bonds is 13. The van der Waals surface area contributed by atoms with Crippen molar-refractivity contribution in [3.05, 3.63) is 67.3 Å². The van der Waals surface area contributed by atoms with Crippen molar-refractivity contribution in [3.8, 4) is 17.5 Å². The van der Waals surface area contributed by atoms with Crippen LogP contribution < -0.4 is 29.6 Å². The van der Waals surface area contributed by atoms with Gasteiger partial charge in [-0.05, 0) is 60.4 Å². The predicted octanol–water partition coefficient (Wildman–Crippen LogP) is 3.80. The van der Waals surface area contributed by atoms with Gasteiger partial charge in [-0.3, -0.25) is 19.1 Å². The number of aromatic nitrogens is 1. The van der Waals surface area contributed by atoms with E-state index in [4.69, 9.17) is 14.2 Å². The number of sulfonamides is 1. The molecule has 0 bridgehead atoms. The summed E-state index contributed by atoms with van der Waals surface area (Å²) in [6.07, 6.45) is 2.06. The minimum Gasteiger partial charge on any atom is -0.497 e. The van der Waals surface area contributed by atoms with E-state index >= 15 is 0 Å². The maximum absolute atomic E-state index is 14.6. The van der Waals surface area contributed by atoms with Gasteiger partial charge in [-0.1, -0.05) is 45.0 Å². The zero-order valence-corrected chi connectivity index (χ0v) is 30.3. The molecular weight excluding hydrogens is 675 g/mol. The third-order valence-electron chi connectivity index (χ3n) is 9.76. The lowest BCUT2D eigenvalue weighted by Gasteiger charge is -2.36. The van der Waals surface area contributed by atoms with E-state index in [1.54, 1.807) is 19.2 Å². The summed E-state index contributed by atoms with van der Waals surface area (Å²) in [5.41, 5.74) is -1.36. The average molecular weight is 720 g/mol. The van der Waals surface area contributed by atoms with Crippen molar-refractivity contribution in [3.63, 3.8) is 0 Å². The molecule has 3 aliphatic rings. The topological polar surface area (TPSA) is 165 Å². The van der Waals surface area contributed by atoms with Gasteiger partial charge in [-0.25, -0.2) is 8.42 Å². The van der Waals surface area contributed by atoms with Crippen molar-refractivity contribution in [1.29, 1.82) is 0 Å². The number of fused-ring (bicyclic) bond motifs is 1. The van der Waals surface area contributed by atoms with Crippen LogP contribution in [-0.4, -0.2) is 85.8 Å². The van der Waals surface area contributed by atoms with Gasteiger partial charge in [-0.2, -0.15) is 4.98 Å². The van der Waals surface area contributed by atoms with Crippen LogP contribution in [-0.2, 0) is 24.4 Å². The van der Waals surface area contributed by atoms with E-state index in [1.165, 1.54) is 18.1 Å². The number of carbonyl (C=O) groups is 3. The Balaban J connectivity index is 1.32. The molecule has 2 saturated carbocycles. The molecule has 0 unspecified atom stereocenters. The molecule has 3 amide bonds. The zero-order valence-electron chi connectivity index (χ0n) is 29.5. The second-order valence-electron chi connectivity index (χ2n) is 14.5. The summed E-state index contributed by atoms with van der Waals surface area (Å²) in [7, 11) is -0.803. The number of benzene rings is 2. The van der Waals surface area contributed by atoms with Crippen LogP contribution in [0.4, 0.5) is 5.69 Å². The van der Waals surface area contributed by atoms with E-state index in [2.05, 4.69) is 26.9 Å². The molecule has 3 N–H and O–H groups in total. The predicted molar refractivity (Wildman–Crippen MR) is 192 cm³/mol. The Kier molecular flexibility index (Phi) is 9.66. The van der Waals surface area contributed by atoms with Crippen LogP contribution in [0.2, 0.25) is 0 Å². The highest BCUT2D eigenvalue weighted by Gasteiger charge is 2.62. The second kappa shape index (κ2) is 13.7. The lowest BCUT2D eigenvalue weighted by molar-refractivity contribution is -0.141. The molecule has 0 spiro atoms. The number of para-hydroxylation sites is 1. The van der Waals surface area contributed by atoms with Crippen LogP contribution in [0.5, 0.6) is 17.5 Å². The smallest absolute Gasteiger partial charge is 0.259 e. The van der Waals surface area contributed by atoms with Crippen LogP contribution in [0, 0.1) is 11.3 Å². The van der Waals surface area contributed by atoms with Gasteiger partial charge in [0.15, 0.2) is 0 Å². The molecule has 0 radical (unpaired) electrons. The zero-order chi connectivity index (χ0) is 36.7. The van der Waals surface area contributed by atoms with Gasteiger partial charge in [0.25, 0.3) is 5.91 Å². The van der Waals surface area contributed by atoms with E-state index in [0.717, 1.165) is 11.1 Å². The minimum absolute atomic E-state index is 0.0383. The van der Waals surface area contributed by atoms with Crippen LogP contribution in [0.1, 0.15) is 46.5 Å². The SMILES string of the molecule is C=C[C@@H]1C[C@]1(NC(=O)[C@@H]1C[C@@H](Oc2nc(OC)cc3cc(OC)ccc23)CN1C(=O)[C@@H](Nc1ccccc1)C(C)(C)C)C(=O)NS(=O)(=O)C1CC1. The number of nitrogens with one attached hydrogen (secondary N) is 3. The van der Waals surface area contributed by atoms with Crippen molar-refractivity contribution in [1.82, 2.24) is 19.9 Å². The van der Waals surface area contributed by atoms with Crippen molar-refractivity contribution in [2.75, 3.05) is 26.1 Å². The summed E-state index contributed by atoms with van der Waals surface area (Å²) in [6.45, 7) is 9.63. The molecule has 1 aromatic heterocycles. The molecule has 5 atom stereocenters. The van der Waals surface area contributed by atoms with Gasteiger partial charge >= 0.3 is 0 Å². The van der Waals surface area contributed by atoms with E-state index in [0.29, 0.717) is 29.9 Å². The normalized spacial score (nSPS) is 23.5. The van der Waals surface area contributed by atoms with Crippen LogP contribution in [0.15, 0.2) is 67.3 Å². The number of methoxy groups -OCH3 is 2. The Hall–Kier alpha value is -4.85. The summed E-state index contributed by atoms with van der Waals surface area (Å²) in [4.78, 5) is 48.4. The lowest BCUT2D eigenvalue weighted by atomic mass is 9.85. The van der Waals surface area contributed by atoms with Crippen LogP contribution in [0.25, 0.3) is 10.8 Å². The highest BCUT2D eigenvalue weighted by atomic mass is 32.2. The molecule has 3 fully saturated rings. The van der Waals surface area contributed by atoms with Crippen molar-refractivity contribution in [2.24, 2.45) is 11.3 Å². The number of pyridine rings is 1. The second-order valence-corrected chi connectivity index (χ2v) is 16.5.